The first-order valence-electron chi connectivity index (χ1n) is 9.41. The van der Waals surface area contributed by atoms with Crippen LogP contribution in [0.3, 0.4) is 0 Å². The molecule has 3 atom stereocenters. The average molecular weight is 416 g/mol. The predicted octanol–water partition coefficient (Wildman–Crippen LogP) is -0.949. The third-order valence-corrected chi connectivity index (χ3v) is 3.84. The molecular formula is C18H32N4O7. The molecule has 11 nitrogen and oxygen atoms in total. The van der Waals surface area contributed by atoms with E-state index in [-0.39, 0.29) is 18.3 Å². The zero-order valence-corrected chi connectivity index (χ0v) is 17.2. The van der Waals surface area contributed by atoms with Crippen molar-refractivity contribution >= 4 is 29.7 Å². The molecule has 166 valence electrons. The van der Waals surface area contributed by atoms with Gasteiger partial charge in [0.1, 0.15) is 12.1 Å². The van der Waals surface area contributed by atoms with Gasteiger partial charge in [0.2, 0.25) is 17.7 Å². The van der Waals surface area contributed by atoms with Gasteiger partial charge in [-0.2, -0.15) is 0 Å². The fourth-order valence-corrected chi connectivity index (χ4v) is 2.51. The highest BCUT2D eigenvalue weighted by Gasteiger charge is 2.28. The molecule has 0 heterocycles. The number of hydrogen-bond donors (Lipinski definition) is 6. The first-order chi connectivity index (χ1) is 13.3. The van der Waals surface area contributed by atoms with Crippen molar-refractivity contribution in [1.29, 1.82) is 0 Å². The van der Waals surface area contributed by atoms with E-state index in [4.69, 9.17) is 15.9 Å². The standard InChI is InChI=1S/C18H32N4O7/c1-9(2)5-11(19)16(26)20-8-14(23)21-12(6-10(3)4)17(27)22-13(18(28)29)7-15(24)25/h9-13H,5-8,19H2,1-4H3,(H,20,26)(H,21,23)(H,22,27)(H,24,25)(H,28,29). The zero-order chi connectivity index (χ0) is 22.7. The molecule has 0 aliphatic carbocycles. The maximum Gasteiger partial charge on any atom is 0.326 e. The molecule has 29 heavy (non-hydrogen) atoms. The lowest BCUT2D eigenvalue weighted by molar-refractivity contribution is -0.147. The van der Waals surface area contributed by atoms with Crippen LogP contribution in [-0.2, 0) is 24.0 Å². The molecule has 0 bridgehead atoms. The molecule has 11 heteroatoms. The topological polar surface area (TPSA) is 188 Å². The van der Waals surface area contributed by atoms with Crippen molar-refractivity contribution in [3.8, 4) is 0 Å². The van der Waals surface area contributed by atoms with E-state index in [2.05, 4.69) is 16.0 Å². The molecule has 3 amide bonds. The summed E-state index contributed by atoms with van der Waals surface area (Å²) < 4.78 is 0. The largest absolute Gasteiger partial charge is 0.481 e. The predicted molar refractivity (Wildman–Crippen MR) is 104 cm³/mol. The molecule has 0 rings (SSSR count). The van der Waals surface area contributed by atoms with E-state index in [1.807, 2.05) is 13.8 Å². The van der Waals surface area contributed by atoms with Crippen LogP contribution < -0.4 is 21.7 Å². The van der Waals surface area contributed by atoms with Crippen molar-refractivity contribution in [3.63, 3.8) is 0 Å². The monoisotopic (exact) mass is 416 g/mol. The van der Waals surface area contributed by atoms with Crippen LogP contribution in [0, 0.1) is 11.8 Å². The van der Waals surface area contributed by atoms with E-state index in [1.54, 1.807) is 13.8 Å². The number of rotatable bonds is 13. The molecule has 0 aliphatic rings. The molecule has 3 unspecified atom stereocenters. The Hall–Kier alpha value is -2.69. The lowest BCUT2D eigenvalue weighted by atomic mass is 10.0. The second-order valence-electron chi connectivity index (χ2n) is 7.70. The second kappa shape index (κ2) is 12.7. The average Bonchev–Trinajstić information content (AvgIpc) is 2.56. The number of carbonyl (C=O) groups excluding carboxylic acids is 3. The number of nitrogens with one attached hydrogen (secondary N) is 3. The van der Waals surface area contributed by atoms with Gasteiger partial charge in [-0.15, -0.1) is 0 Å². The summed E-state index contributed by atoms with van der Waals surface area (Å²) in [6.07, 6.45) is -0.156. The Bertz CT molecular complexity index is 607. The van der Waals surface area contributed by atoms with Crippen LogP contribution in [0.25, 0.3) is 0 Å². The van der Waals surface area contributed by atoms with E-state index in [9.17, 15) is 24.0 Å². The van der Waals surface area contributed by atoms with Gasteiger partial charge in [-0.3, -0.25) is 19.2 Å². The van der Waals surface area contributed by atoms with Crippen molar-refractivity contribution in [1.82, 2.24) is 16.0 Å². The van der Waals surface area contributed by atoms with Gasteiger partial charge in [-0.25, -0.2) is 4.79 Å². The Kier molecular flexibility index (Phi) is 11.5. The molecule has 0 saturated heterocycles. The number of hydrogen-bond acceptors (Lipinski definition) is 6. The number of carboxylic acid groups (broad SMARTS) is 2. The summed E-state index contributed by atoms with van der Waals surface area (Å²) in [4.78, 5) is 58.3. The van der Waals surface area contributed by atoms with Gasteiger partial charge < -0.3 is 31.9 Å². The second-order valence-corrected chi connectivity index (χ2v) is 7.70. The number of aliphatic carboxylic acids is 2. The highest BCUT2D eigenvalue weighted by Crippen LogP contribution is 2.06. The summed E-state index contributed by atoms with van der Waals surface area (Å²) in [5.41, 5.74) is 5.73. The van der Waals surface area contributed by atoms with Gasteiger partial charge in [0.15, 0.2) is 0 Å². The fraction of sp³-hybridized carbons (Fsp3) is 0.722. The van der Waals surface area contributed by atoms with Crippen molar-refractivity contribution in [2.75, 3.05) is 6.54 Å². The van der Waals surface area contributed by atoms with Crippen molar-refractivity contribution in [3.05, 3.63) is 0 Å². The van der Waals surface area contributed by atoms with E-state index >= 15 is 0 Å². The van der Waals surface area contributed by atoms with Gasteiger partial charge in [0, 0.05) is 0 Å². The quantitative estimate of drug-likeness (QED) is 0.221. The maximum atomic E-state index is 12.4. The number of carbonyl (C=O) groups is 5. The van der Waals surface area contributed by atoms with E-state index < -0.39 is 60.8 Å². The Morgan fingerprint density at radius 2 is 1.38 bits per heavy atom. The molecule has 0 aliphatic heterocycles. The van der Waals surface area contributed by atoms with E-state index in [0.29, 0.717) is 6.42 Å². The smallest absolute Gasteiger partial charge is 0.326 e. The van der Waals surface area contributed by atoms with Gasteiger partial charge in [-0.1, -0.05) is 27.7 Å². The summed E-state index contributed by atoms with van der Waals surface area (Å²) in [6.45, 7) is 7.01. The van der Waals surface area contributed by atoms with Crippen LogP contribution in [-0.4, -0.2) is 64.5 Å². The maximum absolute atomic E-state index is 12.4. The third-order valence-electron chi connectivity index (χ3n) is 3.84. The Morgan fingerprint density at radius 3 is 1.83 bits per heavy atom. The number of amides is 3. The van der Waals surface area contributed by atoms with Crippen LogP contribution in [0.15, 0.2) is 0 Å². The molecule has 0 spiro atoms. The highest BCUT2D eigenvalue weighted by molar-refractivity contribution is 5.93. The van der Waals surface area contributed by atoms with Crippen LogP contribution in [0.2, 0.25) is 0 Å². The minimum atomic E-state index is -1.62. The Balaban J connectivity index is 4.90. The zero-order valence-electron chi connectivity index (χ0n) is 17.2. The van der Waals surface area contributed by atoms with Crippen molar-refractivity contribution in [2.45, 2.75) is 65.1 Å². The molecule has 7 N–H and O–H groups in total. The molecule has 0 radical (unpaired) electrons. The van der Waals surface area contributed by atoms with Crippen LogP contribution >= 0.6 is 0 Å². The van der Waals surface area contributed by atoms with Gasteiger partial charge in [0.25, 0.3) is 0 Å². The summed E-state index contributed by atoms with van der Waals surface area (Å²) in [7, 11) is 0. The number of nitrogens with two attached hydrogens (primary N) is 1. The first-order valence-corrected chi connectivity index (χ1v) is 9.41. The number of carboxylic acids is 2. The molecule has 0 aromatic carbocycles. The fourth-order valence-electron chi connectivity index (χ4n) is 2.51. The molecular weight excluding hydrogens is 384 g/mol. The Labute approximate surface area is 169 Å². The molecule has 0 fully saturated rings. The highest BCUT2D eigenvalue weighted by atomic mass is 16.4. The van der Waals surface area contributed by atoms with Gasteiger partial charge in [-0.05, 0) is 24.7 Å². The summed E-state index contributed by atoms with van der Waals surface area (Å²) in [5, 5.41) is 24.8. The lowest BCUT2D eigenvalue weighted by Crippen LogP contribution is -2.54. The molecule has 0 aromatic rings. The summed E-state index contributed by atoms with van der Waals surface area (Å²) >= 11 is 0. The van der Waals surface area contributed by atoms with Crippen LogP contribution in [0.5, 0.6) is 0 Å². The van der Waals surface area contributed by atoms with Crippen LogP contribution in [0.1, 0.15) is 47.0 Å². The minimum absolute atomic E-state index is 0.0251. The summed E-state index contributed by atoms with van der Waals surface area (Å²) in [6, 6.07) is -3.47. The summed E-state index contributed by atoms with van der Waals surface area (Å²) in [5.74, 6) is -4.67. The minimum Gasteiger partial charge on any atom is -0.481 e. The first kappa shape index (κ1) is 26.3. The Morgan fingerprint density at radius 1 is 0.828 bits per heavy atom. The van der Waals surface area contributed by atoms with E-state index in [1.165, 1.54) is 0 Å². The van der Waals surface area contributed by atoms with Crippen molar-refractivity contribution in [2.24, 2.45) is 17.6 Å². The third kappa shape index (κ3) is 11.7. The van der Waals surface area contributed by atoms with Crippen LogP contribution in [0.4, 0.5) is 0 Å². The van der Waals surface area contributed by atoms with Gasteiger partial charge in [0.05, 0.1) is 19.0 Å². The normalized spacial score (nSPS) is 14.0. The SMILES string of the molecule is CC(C)CC(N)C(=O)NCC(=O)NC(CC(C)C)C(=O)NC(CC(=O)O)C(=O)O. The van der Waals surface area contributed by atoms with Gasteiger partial charge >= 0.3 is 11.9 Å². The molecule has 0 saturated carbocycles. The van der Waals surface area contributed by atoms with Crippen molar-refractivity contribution < 1.29 is 34.2 Å². The van der Waals surface area contributed by atoms with E-state index in [0.717, 1.165) is 0 Å². The molecule has 0 aromatic heterocycles. The lowest BCUT2D eigenvalue weighted by Gasteiger charge is -2.22.